The molecule has 0 aliphatic heterocycles. The molecule has 56 heavy (non-hydrogen) atoms. The van der Waals surface area contributed by atoms with Crippen LogP contribution in [0.2, 0.25) is 0 Å². The van der Waals surface area contributed by atoms with E-state index in [-0.39, 0.29) is 0 Å². The molecule has 10 rings (SSSR count). The summed E-state index contributed by atoms with van der Waals surface area (Å²) in [6, 6.07) is 77.1. The zero-order valence-corrected chi connectivity index (χ0v) is 30.8. The second-order valence-corrected chi connectivity index (χ2v) is 14.3. The Hall–Kier alpha value is -7.35. The first kappa shape index (κ1) is 33.2. The van der Waals surface area contributed by atoms with Gasteiger partial charge in [-0.25, -0.2) is 0 Å². The highest BCUT2D eigenvalue weighted by Gasteiger charge is 2.20. The van der Waals surface area contributed by atoms with Gasteiger partial charge in [0.15, 0.2) is 0 Å². The molecule has 0 saturated heterocycles. The van der Waals surface area contributed by atoms with E-state index in [1.165, 1.54) is 88.3 Å². The average molecular weight is 712 g/mol. The smallest absolute Gasteiger partial charge is 0.0346 e. The maximum Gasteiger partial charge on any atom is 0.0346 e. The molecule has 0 atom stereocenters. The van der Waals surface area contributed by atoms with Gasteiger partial charge in [-0.05, 0) is 124 Å². The number of hydrogen-bond acceptors (Lipinski definition) is 1. The maximum absolute atomic E-state index is 4.40. The van der Waals surface area contributed by atoms with E-state index >= 15 is 0 Å². The van der Waals surface area contributed by atoms with Gasteiger partial charge >= 0.3 is 0 Å². The summed E-state index contributed by atoms with van der Waals surface area (Å²) < 4.78 is 0. The predicted octanol–water partition coefficient (Wildman–Crippen LogP) is 15.1. The largest absolute Gasteiger partial charge is 0.264 e. The van der Waals surface area contributed by atoms with Crippen LogP contribution < -0.4 is 0 Å². The summed E-state index contributed by atoms with van der Waals surface area (Å²) in [5.74, 6) is 0. The molecule has 0 spiro atoms. The van der Waals surface area contributed by atoms with Crippen molar-refractivity contribution in [2.75, 3.05) is 0 Å². The van der Waals surface area contributed by atoms with E-state index < -0.39 is 0 Å². The van der Waals surface area contributed by atoms with Crippen LogP contribution >= 0.6 is 0 Å². The number of aromatic nitrogens is 1. The fraction of sp³-hybridized carbons (Fsp3) is 0. The second-order valence-electron chi connectivity index (χ2n) is 14.3. The van der Waals surface area contributed by atoms with E-state index in [1.54, 1.807) is 0 Å². The first-order valence-corrected chi connectivity index (χ1v) is 19.2. The number of hydrogen-bond donors (Lipinski definition) is 0. The van der Waals surface area contributed by atoms with E-state index in [9.17, 15) is 0 Å². The van der Waals surface area contributed by atoms with E-state index in [1.807, 2.05) is 18.5 Å². The summed E-state index contributed by atoms with van der Waals surface area (Å²) in [6.45, 7) is 0. The molecule has 1 heteroatoms. The average Bonchev–Trinajstić information content (AvgIpc) is 3.29. The van der Waals surface area contributed by atoms with Gasteiger partial charge in [0.05, 0.1) is 0 Å². The molecule has 10 aromatic rings. The summed E-state index contributed by atoms with van der Waals surface area (Å²) in [7, 11) is 0. The lowest BCUT2D eigenvalue weighted by Gasteiger charge is -2.20. The lowest BCUT2D eigenvalue weighted by molar-refractivity contribution is 1.33. The summed E-state index contributed by atoms with van der Waals surface area (Å²) in [6.07, 6.45) is 3.76. The number of rotatable bonds is 7. The normalized spacial score (nSPS) is 11.2. The molecular formula is C55H37N. The van der Waals surface area contributed by atoms with E-state index in [2.05, 4.69) is 211 Å². The molecule has 9 aromatic carbocycles. The van der Waals surface area contributed by atoms with Gasteiger partial charge < -0.3 is 0 Å². The van der Waals surface area contributed by atoms with Gasteiger partial charge in [0.1, 0.15) is 0 Å². The summed E-state index contributed by atoms with van der Waals surface area (Å²) in [4.78, 5) is 4.40. The van der Waals surface area contributed by atoms with Crippen molar-refractivity contribution in [1.29, 1.82) is 0 Å². The van der Waals surface area contributed by atoms with E-state index in [0.717, 1.165) is 11.1 Å². The van der Waals surface area contributed by atoms with Gasteiger partial charge in [0, 0.05) is 18.0 Å². The first-order valence-electron chi connectivity index (χ1n) is 19.2. The van der Waals surface area contributed by atoms with Crippen molar-refractivity contribution in [2.45, 2.75) is 0 Å². The maximum atomic E-state index is 4.40. The monoisotopic (exact) mass is 711 g/mol. The van der Waals surface area contributed by atoms with Crippen LogP contribution in [0.3, 0.4) is 0 Å². The molecule has 0 N–H and O–H groups in total. The Morgan fingerprint density at radius 3 is 1.05 bits per heavy atom. The predicted molar refractivity (Wildman–Crippen MR) is 237 cm³/mol. The van der Waals surface area contributed by atoms with Crippen LogP contribution in [0.5, 0.6) is 0 Å². The van der Waals surface area contributed by atoms with Crippen molar-refractivity contribution in [3.63, 3.8) is 0 Å². The van der Waals surface area contributed by atoms with Gasteiger partial charge in [0.2, 0.25) is 0 Å². The lowest BCUT2D eigenvalue weighted by atomic mass is 9.83. The zero-order chi connectivity index (χ0) is 37.3. The SMILES string of the molecule is c1ccc(-c2cc(-c3cccc(-c4c5ccccc5c(-c5cccc(-c6cccnc6)c5)c5ccccc45)c3)cc(-c3ccccc3)c2-c2ccccc2)cc1. The van der Waals surface area contributed by atoms with Crippen molar-refractivity contribution in [3.8, 4) is 77.9 Å². The highest BCUT2D eigenvalue weighted by atomic mass is 14.6. The molecule has 1 nitrogen and oxygen atoms in total. The molecule has 0 aliphatic rings. The van der Waals surface area contributed by atoms with Crippen LogP contribution in [0.4, 0.5) is 0 Å². The van der Waals surface area contributed by atoms with E-state index in [0.29, 0.717) is 0 Å². The van der Waals surface area contributed by atoms with Crippen LogP contribution in [0.1, 0.15) is 0 Å². The van der Waals surface area contributed by atoms with Gasteiger partial charge in [-0.15, -0.1) is 0 Å². The highest BCUT2D eigenvalue weighted by Crippen LogP contribution is 2.47. The quantitative estimate of drug-likeness (QED) is 0.150. The van der Waals surface area contributed by atoms with Crippen LogP contribution in [0.15, 0.2) is 225 Å². The Labute approximate surface area is 327 Å². The number of pyridine rings is 1. The molecule has 0 saturated carbocycles. The minimum Gasteiger partial charge on any atom is -0.264 e. The standard InChI is InChI=1S/C55H37N/c1-4-17-38(18-5-1)51-35-46(36-52(39-19-6-2-7-20-39)53(51)40-21-8-3-9-22-40)42-24-15-26-44(34-42)55-49-30-12-10-28-47(49)54(48-29-11-13-31-50(48)55)43-25-14-23-41(33-43)45-27-16-32-56-37-45/h1-37H. The molecule has 1 heterocycles. The van der Waals surface area contributed by atoms with Crippen LogP contribution in [0.25, 0.3) is 99.4 Å². The van der Waals surface area contributed by atoms with Gasteiger partial charge in [-0.2, -0.15) is 0 Å². The summed E-state index contributed by atoms with van der Waals surface area (Å²) in [5.41, 5.74) is 16.8. The van der Waals surface area contributed by atoms with E-state index in [4.69, 9.17) is 0 Å². The van der Waals surface area contributed by atoms with Gasteiger partial charge in [-0.1, -0.05) is 182 Å². The molecule has 0 aliphatic carbocycles. The molecule has 0 radical (unpaired) electrons. The Kier molecular flexibility index (Phi) is 8.59. The van der Waals surface area contributed by atoms with Crippen molar-refractivity contribution in [1.82, 2.24) is 4.98 Å². The molecule has 0 bridgehead atoms. The number of benzene rings is 9. The Bertz CT molecular complexity index is 2870. The summed E-state index contributed by atoms with van der Waals surface area (Å²) in [5, 5.41) is 4.94. The van der Waals surface area contributed by atoms with Crippen molar-refractivity contribution in [2.24, 2.45) is 0 Å². The molecule has 262 valence electrons. The Balaban J connectivity index is 1.20. The Morgan fingerprint density at radius 1 is 0.232 bits per heavy atom. The van der Waals surface area contributed by atoms with Gasteiger partial charge in [0.25, 0.3) is 0 Å². The third kappa shape index (κ3) is 6.06. The number of fused-ring (bicyclic) bond motifs is 2. The van der Waals surface area contributed by atoms with Crippen molar-refractivity contribution < 1.29 is 0 Å². The second kappa shape index (κ2) is 14.5. The zero-order valence-electron chi connectivity index (χ0n) is 30.8. The van der Waals surface area contributed by atoms with Crippen LogP contribution in [-0.4, -0.2) is 4.98 Å². The lowest BCUT2D eigenvalue weighted by Crippen LogP contribution is -1.94. The fourth-order valence-corrected chi connectivity index (χ4v) is 8.41. The minimum absolute atomic E-state index is 1.11. The number of nitrogens with zero attached hydrogens (tertiary/aromatic N) is 1. The molecule has 0 amide bonds. The topological polar surface area (TPSA) is 12.9 Å². The molecule has 1 aromatic heterocycles. The Morgan fingerprint density at radius 2 is 0.607 bits per heavy atom. The summed E-state index contributed by atoms with van der Waals surface area (Å²) >= 11 is 0. The fourth-order valence-electron chi connectivity index (χ4n) is 8.41. The van der Waals surface area contributed by atoms with Crippen molar-refractivity contribution >= 4 is 21.5 Å². The molecule has 0 fully saturated rings. The highest BCUT2D eigenvalue weighted by molar-refractivity contribution is 6.21. The third-order valence-corrected chi connectivity index (χ3v) is 10.9. The third-order valence-electron chi connectivity index (χ3n) is 10.9. The molecule has 0 unspecified atom stereocenters. The van der Waals surface area contributed by atoms with Crippen LogP contribution in [0, 0.1) is 0 Å². The minimum atomic E-state index is 1.11. The molecular weight excluding hydrogens is 675 g/mol. The van der Waals surface area contributed by atoms with Gasteiger partial charge in [-0.3, -0.25) is 4.98 Å². The van der Waals surface area contributed by atoms with Crippen LogP contribution in [-0.2, 0) is 0 Å². The van der Waals surface area contributed by atoms with Crippen molar-refractivity contribution in [3.05, 3.63) is 225 Å². The first-order chi connectivity index (χ1) is 27.8.